The molecule has 0 bridgehead atoms. The molecule has 0 aliphatic carbocycles. The number of carbonyl (C=O) groups is 2. The number of rotatable bonds is 5. The molecule has 7 nitrogen and oxygen atoms in total. The molecule has 7 heteroatoms. The molecule has 1 heterocycles. The third-order valence-electron chi connectivity index (χ3n) is 1.73. The monoisotopic (exact) mass is 213 g/mol. The zero-order valence-corrected chi connectivity index (χ0v) is 7.80. The topological polar surface area (TPSA) is 115 Å². The maximum Gasteiger partial charge on any atom is 0.332 e. The number of aromatic nitrogens is 2. The number of amides is 1. The van der Waals surface area contributed by atoms with Crippen LogP contribution < -0.4 is 5.32 Å². The van der Waals surface area contributed by atoms with E-state index in [0.717, 1.165) is 0 Å². The predicted octanol–water partition coefficient (Wildman–Crippen LogP) is -1.02. The maximum atomic E-state index is 11.2. The molecule has 0 saturated heterocycles. The smallest absolute Gasteiger partial charge is 0.332 e. The van der Waals surface area contributed by atoms with Gasteiger partial charge < -0.3 is 15.5 Å². The predicted molar refractivity (Wildman–Crippen MR) is 49.2 cm³/mol. The Kier molecular flexibility index (Phi) is 3.81. The molecular weight excluding hydrogens is 202 g/mol. The molecular formula is C8H11N3O4. The normalized spacial score (nSPS) is 12.1. The molecule has 4 N–H and O–H groups in total. The van der Waals surface area contributed by atoms with Crippen LogP contribution in [0, 0.1) is 0 Å². The van der Waals surface area contributed by atoms with Gasteiger partial charge in [0, 0.05) is 19.2 Å². The van der Waals surface area contributed by atoms with Crippen molar-refractivity contribution in [3.8, 4) is 0 Å². The second-order valence-electron chi connectivity index (χ2n) is 2.87. The molecule has 0 spiro atoms. The zero-order chi connectivity index (χ0) is 11.3. The quantitative estimate of drug-likeness (QED) is 0.499. The Balaban J connectivity index is 2.27. The number of aliphatic hydroxyl groups is 1. The van der Waals surface area contributed by atoms with Crippen LogP contribution in [-0.4, -0.2) is 44.9 Å². The summed E-state index contributed by atoms with van der Waals surface area (Å²) in [6.07, 6.45) is -0.0528. The number of aliphatic carboxylic acids is 1. The summed E-state index contributed by atoms with van der Waals surface area (Å²) in [5.41, 5.74) is 0.291. The lowest BCUT2D eigenvalue weighted by Crippen LogP contribution is -2.30. The van der Waals surface area contributed by atoms with E-state index < -0.39 is 12.1 Å². The number of H-pyrrole nitrogens is 1. The number of aliphatic hydroxyl groups excluding tert-OH is 1. The van der Waals surface area contributed by atoms with Crippen LogP contribution in [0.15, 0.2) is 12.3 Å². The molecule has 1 aromatic rings. The fraction of sp³-hybridized carbons (Fsp3) is 0.375. The number of nitrogens with one attached hydrogen (secondary N) is 2. The van der Waals surface area contributed by atoms with Crippen molar-refractivity contribution in [1.29, 1.82) is 0 Å². The van der Waals surface area contributed by atoms with Crippen LogP contribution in [0.5, 0.6) is 0 Å². The largest absolute Gasteiger partial charge is 0.479 e. The van der Waals surface area contributed by atoms with E-state index >= 15 is 0 Å². The van der Waals surface area contributed by atoms with Crippen LogP contribution in [0.1, 0.15) is 16.9 Å². The maximum absolute atomic E-state index is 11.2. The van der Waals surface area contributed by atoms with Gasteiger partial charge in [0.1, 0.15) is 5.69 Å². The van der Waals surface area contributed by atoms with Gasteiger partial charge in [0.05, 0.1) is 0 Å². The second-order valence-corrected chi connectivity index (χ2v) is 2.87. The van der Waals surface area contributed by atoms with Gasteiger partial charge in [-0.15, -0.1) is 0 Å². The minimum Gasteiger partial charge on any atom is -0.479 e. The number of carboxylic acid groups (broad SMARTS) is 1. The first-order valence-electron chi connectivity index (χ1n) is 4.29. The molecule has 82 valence electrons. The number of aromatic amines is 1. The Morgan fingerprint density at radius 2 is 2.33 bits per heavy atom. The minimum absolute atomic E-state index is 0.0325. The van der Waals surface area contributed by atoms with Crippen molar-refractivity contribution < 1.29 is 19.8 Å². The Bertz CT molecular complexity index is 336. The van der Waals surface area contributed by atoms with Crippen molar-refractivity contribution in [2.75, 3.05) is 6.54 Å². The minimum atomic E-state index is -1.45. The summed E-state index contributed by atoms with van der Waals surface area (Å²) in [5, 5.41) is 25.7. The molecule has 0 aromatic carbocycles. The van der Waals surface area contributed by atoms with Crippen LogP contribution in [0.4, 0.5) is 0 Å². The Labute approximate surface area is 85.1 Å². The van der Waals surface area contributed by atoms with Gasteiger partial charge in [-0.25, -0.2) is 4.79 Å². The van der Waals surface area contributed by atoms with E-state index in [9.17, 15) is 9.59 Å². The van der Waals surface area contributed by atoms with Crippen molar-refractivity contribution in [1.82, 2.24) is 15.5 Å². The Hall–Kier alpha value is -1.89. The van der Waals surface area contributed by atoms with E-state index in [-0.39, 0.29) is 18.9 Å². The molecule has 1 aromatic heterocycles. The highest BCUT2D eigenvalue weighted by molar-refractivity contribution is 5.92. The number of carbonyl (C=O) groups excluding carboxylic acids is 1. The molecule has 0 aliphatic heterocycles. The molecule has 0 aliphatic rings. The molecule has 1 unspecified atom stereocenters. The van der Waals surface area contributed by atoms with Crippen LogP contribution >= 0.6 is 0 Å². The van der Waals surface area contributed by atoms with Crippen LogP contribution in [0.2, 0.25) is 0 Å². The van der Waals surface area contributed by atoms with Crippen LogP contribution in [-0.2, 0) is 4.79 Å². The lowest BCUT2D eigenvalue weighted by atomic mass is 10.2. The fourth-order valence-electron chi connectivity index (χ4n) is 0.923. The van der Waals surface area contributed by atoms with Crippen molar-refractivity contribution >= 4 is 11.9 Å². The average molecular weight is 213 g/mol. The highest BCUT2D eigenvalue weighted by Gasteiger charge is 2.13. The standard InChI is InChI=1S/C8H11N3O4/c12-6(8(14)15)2-3-9-7(13)5-1-4-10-11-5/h1,4,6,12H,2-3H2,(H,9,13)(H,10,11)(H,14,15). The SMILES string of the molecule is O=C(NCCC(O)C(=O)O)c1ccn[nH]1. The first kappa shape index (κ1) is 11.2. The number of hydrogen-bond donors (Lipinski definition) is 4. The summed E-state index contributed by atoms with van der Waals surface area (Å²) < 4.78 is 0. The average Bonchev–Trinajstić information content (AvgIpc) is 2.70. The van der Waals surface area contributed by atoms with Crippen molar-refractivity contribution in [2.24, 2.45) is 0 Å². The van der Waals surface area contributed by atoms with E-state index in [2.05, 4.69) is 15.5 Å². The highest BCUT2D eigenvalue weighted by atomic mass is 16.4. The van der Waals surface area contributed by atoms with E-state index in [0.29, 0.717) is 5.69 Å². The van der Waals surface area contributed by atoms with Gasteiger partial charge in [-0.2, -0.15) is 5.10 Å². The van der Waals surface area contributed by atoms with E-state index in [4.69, 9.17) is 10.2 Å². The van der Waals surface area contributed by atoms with Gasteiger partial charge in [-0.1, -0.05) is 0 Å². The third-order valence-corrected chi connectivity index (χ3v) is 1.73. The summed E-state index contributed by atoms with van der Waals surface area (Å²) in [5.74, 6) is -1.68. The van der Waals surface area contributed by atoms with Gasteiger partial charge >= 0.3 is 5.97 Å². The summed E-state index contributed by atoms with van der Waals surface area (Å²) in [4.78, 5) is 21.5. The van der Waals surface area contributed by atoms with Crippen molar-refractivity contribution in [3.63, 3.8) is 0 Å². The van der Waals surface area contributed by atoms with Crippen LogP contribution in [0.25, 0.3) is 0 Å². The molecule has 0 fully saturated rings. The van der Waals surface area contributed by atoms with Gasteiger partial charge in [0.2, 0.25) is 0 Å². The van der Waals surface area contributed by atoms with Crippen molar-refractivity contribution in [3.05, 3.63) is 18.0 Å². The molecule has 0 saturated carbocycles. The van der Waals surface area contributed by atoms with Gasteiger partial charge in [0.15, 0.2) is 6.10 Å². The van der Waals surface area contributed by atoms with E-state index in [1.54, 1.807) is 0 Å². The lowest BCUT2D eigenvalue weighted by Gasteiger charge is -2.05. The molecule has 1 atom stereocenters. The Morgan fingerprint density at radius 3 is 2.87 bits per heavy atom. The van der Waals surface area contributed by atoms with Gasteiger partial charge in [-0.05, 0) is 6.07 Å². The number of hydrogen-bond acceptors (Lipinski definition) is 4. The highest BCUT2D eigenvalue weighted by Crippen LogP contribution is 1.93. The third kappa shape index (κ3) is 3.39. The summed E-state index contributed by atoms with van der Waals surface area (Å²) in [6, 6.07) is 1.49. The Morgan fingerprint density at radius 1 is 1.60 bits per heavy atom. The van der Waals surface area contributed by atoms with E-state index in [1.807, 2.05) is 0 Å². The summed E-state index contributed by atoms with van der Waals surface area (Å²) in [6.45, 7) is 0.0886. The van der Waals surface area contributed by atoms with E-state index in [1.165, 1.54) is 12.3 Å². The summed E-state index contributed by atoms with van der Waals surface area (Å²) >= 11 is 0. The summed E-state index contributed by atoms with van der Waals surface area (Å²) in [7, 11) is 0. The van der Waals surface area contributed by atoms with Gasteiger partial charge in [0.25, 0.3) is 5.91 Å². The lowest BCUT2D eigenvalue weighted by molar-refractivity contribution is -0.146. The molecule has 1 rings (SSSR count). The molecule has 0 radical (unpaired) electrons. The first-order valence-corrected chi connectivity index (χ1v) is 4.29. The van der Waals surface area contributed by atoms with Crippen molar-refractivity contribution in [2.45, 2.75) is 12.5 Å². The first-order chi connectivity index (χ1) is 7.11. The molecule has 15 heavy (non-hydrogen) atoms. The second kappa shape index (κ2) is 5.11. The number of nitrogens with zero attached hydrogens (tertiary/aromatic N) is 1. The fourth-order valence-corrected chi connectivity index (χ4v) is 0.923. The zero-order valence-electron chi connectivity index (χ0n) is 7.80. The van der Waals surface area contributed by atoms with Gasteiger partial charge in [-0.3, -0.25) is 9.89 Å². The van der Waals surface area contributed by atoms with Crippen LogP contribution in [0.3, 0.4) is 0 Å². The molecule has 1 amide bonds. The number of carboxylic acids is 1.